The van der Waals surface area contributed by atoms with Crippen LogP contribution in [-0.4, -0.2) is 27.8 Å². The number of rotatable bonds is 7. The van der Waals surface area contributed by atoms with Crippen molar-refractivity contribution in [3.8, 4) is 5.75 Å². The Kier molecular flexibility index (Phi) is 7.78. The summed E-state index contributed by atoms with van der Waals surface area (Å²) in [5.74, 6) is 0.632. The van der Waals surface area contributed by atoms with Crippen LogP contribution in [0.5, 0.6) is 5.75 Å². The number of hydrogen-bond acceptors (Lipinski definition) is 7. The van der Waals surface area contributed by atoms with Crippen LogP contribution in [0.1, 0.15) is 40.9 Å². The zero-order valence-electron chi connectivity index (χ0n) is 18.8. The Labute approximate surface area is 196 Å². The van der Waals surface area contributed by atoms with Crippen LogP contribution in [0.3, 0.4) is 0 Å². The fourth-order valence-corrected chi connectivity index (χ4v) is 4.10. The van der Waals surface area contributed by atoms with Gasteiger partial charge in [0.25, 0.3) is 5.91 Å². The molecule has 8 nitrogen and oxygen atoms in total. The third-order valence-corrected chi connectivity index (χ3v) is 5.56. The van der Waals surface area contributed by atoms with E-state index >= 15 is 0 Å². The zero-order valence-corrected chi connectivity index (χ0v) is 19.6. The monoisotopic (exact) mass is 464 g/mol. The number of carbonyl (C=O) groups is 3. The maximum absolute atomic E-state index is 13.0. The zero-order chi connectivity index (χ0) is 24.0. The maximum Gasteiger partial charge on any atom is 0.308 e. The first-order valence-electron chi connectivity index (χ1n) is 10.1. The average molecular weight is 465 g/mol. The lowest BCUT2D eigenvalue weighted by Crippen LogP contribution is -2.14. The molecule has 0 fully saturated rings. The Morgan fingerprint density at radius 2 is 1.70 bits per heavy atom. The minimum absolute atomic E-state index is 0.192. The smallest absolute Gasteiger partial charge is 0.308 e. The lowest BCUT2D eigenvalue weighted by atomic mass is 10.1. The van der Waals surface area contributed by atoms with Gasteiger partial charge in [-0.1, -0.05) is 0 Å². The van der Waals surface area contributed by atoms with Crippen molar-refractivity contribution in [2.24, 2.45) is 0 Å². The predicted molar refractivity (Wildman–Crippen MR) is 128 cm³/mol. The third-order valence-electron chi connectivity index (χ3n) is 4.48. The van der Waals surface area contributed by atoms with Crippen molar-refractivity contribution in [3.63, 3.8) is 0 Å². The van der Waals surface area contributed by atoms with E-state index in [0.29, 0.717) is 33.6 Å². The molecule has 0 aliphatic heterocycles. The summed E-state index contributed by atoms with van der Waals surface area (Å²) < 4.78 is 5.25. The van der Waals surface area contributed by atoms with Gasteiger partial charge < -0.3 is 15.4 Å². The van der Waals surface area contributed by atoms with Gasteiger partial charge in [0.05, 0.1) is 5.56 Å². The molecule has 0 aliphatic carbocycles. The van der Waals surface area contributed by atoms with Gasteiger partial charge in [0.1, 0.15) is 16.6 Å². The number of nitrogens with zero attached hydrogens (tertiary/aromatic N) is 2. The van der Waals surface area contributed by atoms with Crippen LogP contribution in [0.15, 0.2) is 53.8 Å². The topological polar surface area (TPSA) is 110 Å². The molecule has 0 saturated carbocycles. The van der Waals surface area contributed by atoms with Crippen LogP contribution in [0.25, 0.3) is 0 Å². The Morgan fingerprint density at radius 1 is 0.970 bits per heavy atom. The van der Waals surface area contributed by atoms with E-state index in [1.165, 1.54) is 25.6 Å². The largest absolute Gasteiger partial charge is 0.426 e. The summed E-state index contributed by atoms with van der Waals surface area (Å²) >= 11 is 1.41. The van der Waals surface area contributed by atoms with Crippen LogP contribution >= 0.6 is 11.8 Å². The lowest BCUT2D eigenvalue weighted by Gasteiger charge is -2.13. The molecular formula is C24H24N4O4S. The molecule has 2 amide bonds. The number of anilines is 2. The first-order valence-corrected chi connectivity index (χ1v) is 11.1. The van der Waals surface area contributed by atoms with Crippen molar-refractivity contribution in [2.75, 3.05) is 10.6 Å². The number of ether oxygens (including phenoxy) is 1. The van der Waals surface area contributed by atoms with Crippen molar-refractivity contribution < 1.29 is 19.1 Å². The van der Waals surface area contributed by atoms with E-state index in [9.17, 15) is 14.4 Å². The van der Waals surface area contributed by atoms with Gasteiger partial charge in [-0.3, -0.25) is 14.4 Å². The van der Waals surface area contributed by atoms with Crippen LogP contribution in [0.4, 0.5) is 11.5 Å². The molecule has 9 heteroatoms. The van der Waals surface area contributed by atoms with Crippen LogP contribution in [0.2, 0.25) is 0 Å². The van der Waals surface area contributed by atoms with E-state index in [1.807, 2.05) is 19.9 Å². The number of amides is 2. The van der Waals surface area contributed by atoms with Crippen LogP contribution in [-0.2, 0) is 15.3 Å². The molecule has 2 aromatic heterocycles. The van der Waals surface area contributed by atoms with E-state index in [0.717, 1.165) is 16.7 Å². The van der Waals surface area contributed by atoms with Crippen molar-refractivity contribution in [2.45, 2.75) is 38.5 Å². The van der Waals surface area contributed by atoms with Crippen molar-refractivity contribution in [3.05, 3.63) is 71.0 Å². The van der Waals surface area contributed by atoms with Gasteiger partial charge in [-0.2, -0.15) is 0 Å². The van der Waals surface area contributed by atoms with Gasteiger partial charge in [-0.25, -0.2) is 9.97 Å². The molecular weight excluding hydrogens is 440 g/mol. The molecule has 3 rings (SSSR count). The van der Waals surface area contributed by atoms with E-state index < -0.39 is 5.97 Å². The lowest BCUT2D eigenvalue weighted by molar-refractivity contribution is -0.132. The number of hydrogen-bond donors (Lipinski definition) is 2. The second kappa shape index (κ2) is 10.7. The number of aryl methyl sites for hydroxylation is 2. The summed E-state index contributed by atoms with van der Waals surface area (Å²) in [6.07, 6.45) is 3.26. The number of esters is 1. The third kappa shape index (κ3) is 6.63. The summed E-state index contributed by atoms with van der Waals surface area (Å²) in [6.45, 7) is 6.41. The van der Waals surface area contributed by atoms with Crippen molar-refractivity contribution >= 4 is 41.1 Å². The molecule has 1 aromatic carbocycles. The molecule has 2 N–H and O–H groups in total. The highest BCUT2D eigenvalue weighted by Gasteiger charge is 2.15. The number of pyridine rings is 2. The molecule has 0 bridgehead atoms. The highest BCUT2D eigenvalue weighted by molar-refractivity contribution is 7.98. The first-order chi connectivity index (χ1) is 15.7. The SMILES string of the molecule is CC(=O)Nc1cc(CSc2ncccc2C(=O)Nc2cc(C)c(OC(C)=O)c(C)c2)ccn1. The quantitative estimate of drug-likeness (QED) is 0.300. The molecule has 170 valence electrons. The maximum atomic E-state index is 13.0. The van der Waals surface area contributed by atoms with Gasteiger partial charge in [0.15, 0.2) is 0 Å². The fraction of sp³-hybridized carbons (Fsp3) is 0.208. The van der Waals surface area contributed by atoms with Gasteiger partial charge >= 0.3 is 5.97 Å². The van der Waals surface area contributed by atoms with E-state index in [4.69, 9.17) is 4.74 Å². The van der Waals surface area contributed by atoms with E-state index in [1.54, 1.807) is 42.7 Å². The summed E-state index contributed by atoms with van der Waals surface area (Å²) in [5.41, 5.74) is 3.46. The summed E-state index contributed by atoms with van der Waals surface area (Å²) in [5, 5.41) is 6.14. The summed E-state index contributed by atoms with van der Waals surface area (Å²) in [7, 11) is 0. The normalized spacial score (nSPS) is 10.4. The minimum Gasteiger partial charge on any atom is -0.426 e. The molecule has 0 aliphatic rings. The average Bonchev–Trinajstić information content (AvgIpc) is 2.75. The fourth-order valence-electron chi connectivity index (χ4n) is 3.17. The molecule has 0 atom stereocenters. The number of benzene rings is 1. The summed E-state index contributed by atoms with van der Waals surface area (Å²) in [6, 6.07) is 10.6. The molecule has 0 radical (unpaired) electrons. The van der Waals surface area contributed by atoms with Gasteiger partial charge in [0.2, 0.25) is 5.91 Å². The van der Waals surface area contributed by atoms with Crippen molar-refractivity contribution in [1.29, 1.82) is 0 Å². The highest BCUT2D eigenvalue weighted by Crippen LogP contribution is 2.29. The number of thioether (sulfide) groups is 1. The molecule has 2 heterocycles. The number of carbonyl (C=O) groups excluding carboxylic acids is 3. The van der Waals surface area contributed by atoms with E-state index in [-0.39, 0.29) is 11.8 Å². The van der Waals surface area contributed by atoms with Crippen LogP contribution in [0, 0.1) is 13.8 Å². The number of nitrogens with one attached hydrogen (secondary N) is 2. The Morgan fingerprint density at radius 3 is 2.36 bits per heavy atom. The molecule has 0 spiro atoms. The summed E-state index contributed by atoms with van der Waals surface area (Å²) in [4.78, 5) is 44.0. The van der Waals surface area contributed by atoms with Gasteiger partial charge in [-0.05, 0) is 66.9 Å². The highest BCUT2D eigenvalue weighted by atomic mass is 32.2. The molecule has 0 unspecified atom stereocenters. The minimum atomic E-state index is -0.395. The second-order valence-electron chi connectivity index (χ2n) is 7.36. The Bertz CT molecular complexity index is 1190. The Hall–Kier alpha value is -3.72. The molecule has 33 heavy (non-hydrogen) atoms. The standard InChI is InChI=1S/C24H24N4O4S/c1-14-10-19(11-15(2)22(14)32-17(4)30)28-23(31)20-6-5-8-26-24(20)33-13-18-7-9-25-21(12-18)27-16(3)29/h5-12H,13H2,1-4H3,(H,28,31)(H,25,27,29). The second-order valence-corrected chi connectivity index (χ2v) is 8.33. The van der Waals surface area contributed by atoms with Crippen molar-refractivity contribution in [1.82, 2.24) is 9.97 Å². The number of aromatic nitrogens is 2. The molecule has 0 saturated heterocycles. The van der Waals surface area contributed by atoms with Gasteiger partial charge in [-0.15, -0.1) is 11.8 Å². The predicted octanol–water partition coefficient (Wildman–Crippen LogP) is 4.52. The Balaban J connectivity index is 1.74. The first kappa shape index (κ1) is 23.9. The molecule has 3 aromatic rings. The van der Waals surface area contributed by atoms with E-state index in [2.05, 4.69) is 20.6 Å². The van der Waals surface area contributed by atoms with Crippen LogP contribution < -0.4 is 15.4 Å². The van der Waals surface area contributed by atoms with Gasteiger partial charge in [0, 0.05) is 37.7 Å².